The summed E-state index contributed by atoms with van der Waals surface area (Å²) in [6.07, 6.45) is 0.268. The molecule has 118 valence electrons. The van der Waals surface area contributed by atoms with Crippen molar-refractivity contribution in [1.29, 1.82) is 0 Å². The van der Waals surface area contributed by atoms with Crippen LogP contribution < -0.4 is 5.32 Å². The van der Waals surface area contributed by atoms with Crippen LogP contribution in [0, 0.1) is 5.41 Å². The number of hydrogen-bond donors (Lipinski definition) is 1. The second kappa shape index (κ2) is 6.91. The molecule has 0 radical (unpaired) electrons. The number of nitrogens with zero attached hydrogens (tertiary/aromatic N) is 1. The molecule has 0 aromatic heterocycles. The van der Waals surface area contributed by atoms with Gasteiger partial charge < -0.3 is 10.1 Å². The van der Waals surface area contributed by atoms with Gasteiger partial charge in [-0.25, -0.2) is 0 Å². The molecular weight excluding hydrogens is 260 g/mol. The fraction of sp³-hybridized carbons (Fsp3) is 0.667. The van der Waals surface area contributed by atoms with E-state index >= 15 is 0 Å². The van der Waals surface area contributed by atoms with Crippen molar-refractivity contribution in [3.63, 3.8) is 0 Å². The number of nitrogens with one attached hydrogen (secondary N) is 1. The van der Waals surface area contributed by atoms with Gasteiger partial charge in [-0.2, -0.15) is 0 Å². The highest BCUT2D eigenvalue weighted by Crippen LogP contribution is 2.30. The van der Waals surface area contributed by atoms with Crippen LogP contribution in [-0.4, -0.2) is 43.8 Å². The molecule has 0 aliphatic carbocycles. The molecule has 21 heavy (non-hydrogen) atoms. The van der Waals surface area contributed by atoms with Crippen LogP contribution in [0.3, 0.4) is 0 Å². The van der Waals surface area contributed by atoms with Crippen LogP contribution in [0.15, 0.2) is 30.3 Å². The number of ether oxygens (including phenoxy) is 1. The highest BCUT2D eigenvalue weighted by molar-refractivity contribution is 5.20. The van der Waals surface area contributed by atoms with Crippen LogP contribution >= 0.6 is 0 Å². The lowest BCUT2D eigenvalue weighted by Crippen LogP contribution is -2.58. The molecule has 0 amide bonds. The zero-order valence-electron chi connectivity index (χ0n) is 14.1. The summed E-state index contributed by atoms with van der Waals surface area (Å²) in [6, 6.07) is 11.7. The minimum atomic E-state index is 0.266. The molecule has 1 heterocycles. The van der Waals surface area contributed by atoms with Gasteiger partial charge in [-0.15, -0.1) is 0 Å². The van der Waals surface area contributed by atoms with E-state index in [1.54, 1.807) is 7.11 Å². The molecule has 3 unspecified atom stereocenters. The smallest absolute Gasteiger partial charge is 0.0670 e. The van der Waals surface area contributed by atoms with Crippen LogP contribution in [0.1, 0.15) is 39.3 Å². The van der Waals surface area contributed by atoms with E-state index in [1.165, 1.54) is 5.56 Å². The highest BCUT2D eigenvalue weighted by atomic mass is 16.5. The summed E-state index contributed by atoms with van der Waals surface area (Å²) in [6.45, 7) is 12.2. The van der Waals surface area contributed by atoms with Crippen molar-refractivity contribution >= 4 is 0 Å². The van der Waals surface area contributed by atoms with Gasteiger partial charge in [-0.1, -0.05) is 51.1 Å². The molecule has 1 fully saturated rings. The fourth-order valence-corrected chi connectivity index (χ4v) is 3.18. The molecule has 1 aromatic rings. The van der Waals surface area contributed by atoms with Crippen LogP contribution in [0.2, 0.25) is 0 Å². The maximum Gasteiger partial charge on any atom is 0.0670 e. The molecule has 3 heteroatoms. The minimum absolute atomic E-state index is 0.266. The molecular formula is C18H30N2O. The third-order valence-electron chi connectivity index (χ3n) is 4.51. The average molecular weight is 290 g/mol. The van der Waals surface area contributed by atoms with Gasteiger partial charge in [0.2, 0.25) is 0 Å². The Kier molecular flexibility index (Phi) is 5.42. The fourth-order valence-electron chi connectivity index (χ4n) is 3.18. The van der Waals surface area contributed by atoms with Gasteiger partial charge in [0.15, 0.2) is 0 Å². The Hall–Kier alpha value is -0.900. The van der Waals surface area contributed by atoms with E-state index < -0.39 is 0 Å². The Morgan fingerprint density at radius 2 is 1.95 bits per heavy atom. The maximum atomic E-state index is 5.49. The quantitative estimate of drug-likeness (QED) is 0.922. The Morgan fingerprint density at radius 1 is 1.29 bits per heavy atom. The van der Waals surface area contributed by atoms with Crippen molar-refractivity contribution in [2.45, 2.75) is 45.9 Å². The predicted octanol–water partition coefficient (Wildman–Crippen LogP) is 3.08. The number of piperazine rings is 1. The van der Waals surface area contributed by atoms with E-state index in [2.05, 4.69) is 68.2 Å². The van der Waals surface area contributed by atoms with Crippen molar-refractivity contribution in [3.8, 4) is 0 Å². The van der Waals surface area contributed by atoms with Gasteiger partial charge in [-0.3, -0.25) is 4.90 Å². The topological polar surface area (TPSA) is 24.5 Å². The van der Waals surface area contributed by atoms with Crippen molar-refractivity contribution in [2.24, 2.45) is 5.41 Å². The Balaban J connectivity index is 2.12. The summed E-state index contributed by atoms with van der Waals surface area (Å²) in [7, 11) is 1.80. The SMILES string of the molecule is COC(C)CN1CC(c2ccccc2)NCC1C(C)(C)C. The second-order valence-corrected chi connectivity index (χ2v) is 7.25. The first-order valence-electron chi connectivity index (χ1n) is 7.97. The molecule has 0 spiro atoms. The zero-order valence-corrected chi connectivity index (χ0v) is 14.1. The Labute approximate surface area is 129 Å². The van der Waals surface area contributed by atoms with E-state index in [4.69, 9.17) is 4.74 Å². The lowest BCUT2D eigenvalue weighted by Gasteiger charge is -2.47. The number of rotatable bonds is 4. The Morgan fingerprint density at radius 3 is 2.52 bits per heavy atom. The zero-order chi connectivity index (χ0) is 15.5. The molecule has 1 aromatic carbocycles. The summed E-state index contributed by atoms with van der Waals surface area (Å²) in [5, 5.41) is 3.73. The standard InChI is InChI=1S/C18H30N2O/c1-14(21-5)12-20-13-16(15-9-7-6-8-10-15)19-11-17(20)18(2,3)4/h6-10,14,16-17,19H,11-13H2,1-5H3. The van der Waals surface area contributed by atoms with Gasteiger partial charge in [0.1, 0.15) is 0 Å². The minimum Gasteiger partial charge on any atom is -0.380 e. The van der Waals surface area contributed by atoms with Gasteiger partial charge >= 0.3 is 0 Å². The third kappa shape index (κ3) is 4.29. The van der Waals surface area contributed by atoms with Gasteiger partial charge in [-0.05, 0) is 17.9 Å². The normalized spacial score (nSPS) is 25.8. The molecule has 1 aliphatic rings. The van der Waals surface area contributed by atoms with E-state index in [1.807, 2.05) is 0 Å². The lowest BCUT2D eigenvalue weighted by molar-refractivity contribution is 0.00663. The predicted molar refractivity (Wildman–Crippen MR) is 88.5 cm³/mol. The van der Waals surface area contributed by atoms with Crippen molar-refractivity contribution in [2.75, 3.05) is 26.7 Å². The number of methoxy groups -OCH3 is 1. The van der Waals surface area contributed by atoms with Gasteiger partial charge in [0, 0.05) is 38.8 Å². The van der Waals surface area contributed by atoms with Gasteiger partial charge in [0.25, 0.3) is 0 Å². The highest BCUT2D eigenvalue weighted by Gasteiger charge is 2.36. The molecule has 0 saturated carbocycles. The van der Waals surface area contributed by atoms with Gasteiger partial charge in [0.05, 0.1) is 6.10 Å². The second-order valence-electron chi connectivity index (χ2n) is 7.25. The van der Waals surface area contributed by atoms with E-state index in [0.717, 1.165) is 19.6 Å². The molecule has 0 bridgehead atoms. The molecule has 3 nitrogen and oxygen atoms in total. The molecule has 2 rings (SSSR count). The first-order chi connectivity index (χ1) is 9.91. The van der Waals surface area contributed by atoms with E-state index in [9.17, 15) is 0 Å². The largest absolute Gasteiger partial charge is 0.380 e. The monoisotopic (exact) mass is 290 g/mol. The van der Waals surface area contributed by atoms with E-state index in [-0.39, 0.29) is 11.5 Å². The summed E-state index contributed by atoms with van der Waals surface area (Å²) in [5.74, 6) is 0. The lowest BCUT2D eigenvalue weighted by atomic mass is 9.83. The summed E-state index contributed by atoms with van der Waals surface area (Å²) >= 11 is 0. The molecule has 3 atom stereocenters. The number of hydrogen-bond acceptors (Lipinski definition) is 3. The van der Waals surface area contributed by atoms with Crippen molar-refractivity contribution in [1.82, 2.24) is 10.2 Å². The van der Waals surface area contributed by atoms with Crippen LogP contribution in [0.25, 0.3) is 0 Å². The maximum absolute atomic E-state index is 5.49. The molecule has 1 aliphatic heterocycles. The first-order valence-corrected chi connectivity index (χ1v) is 7.97. The van der Waals surface area contributed by atoms with E-state index in [0.29, 0.717) is 12.1 Å². The number of benzene rings is 1. The van der Waals surface area contributed by atoms with Crippen LogP contribution in [-0.2, 0) is 4.74 Å². The summed E-state index contributed by atoms with van der Waals surface area (Å²) in [4.78, 5) is 2.60. The average Bonchev–Trinajstić information content (AvgIpc) is 2.46. The third-order valence-corrected chi connectivity index (χ3v) is 4.51. The first kappa shape index (κ1) is 16.5. The molecule has 1 saturated heterocycles. The van der Waals surface area contributed by atoms with Crippen LogP contribution in [0.5, 0.6) is 0 Å². The molecule has 1 N–H and O–H groups in total. The summed E-state index contributed by atoms with van der Waals surface area (Å²) < 4.78 is 5.49. The Bertz CT molecular complexity index is 427. The van der Waals surface area contributed by atoms with Crippen molar-refractivity contribution < 1.29 is 4.74 Å². The van der Waals surface area contributed by atoms with Crippen molar-refractivity contribution in [3.05, 3.63) is 35.9 Å². The summed E-state index contributed by atoms with van der Waals surface area (Å²) in [5.41, 5.74) is 1.64. The van der Waals surface area contributed by atoms with Crippen LogP contribution in [0.4, 0.5) is 0 Å².